The van der Waals surface area contributed by atoms with E-state index in [1.165, 1.54) is 0 Å². The Morgan fingerprint density at radius 1 is 1.42 bits per heavy atom. The number of nitrogens with zero attached hydrogens (tertiary/aromatic N) is 1. The van der Waals surface area contributed by atoms with E-state index in [2.05, 4.69) is 4.90 Å². The van der Waals surface area contributed by atoms with Crippen LogP contribution in [-0.2, 0) is 11.2 Å². The van der Waals surface area contributed by atoms with Gasteiger partial charge in [-0.3, -0.25) is 0 Å². The van der Waals surface area contributed by atoms with Gasteiger partial charge in [0.05, 0.1) is 12.2 Å². The number of benzene rings is 1. The third-order valence-electron chi connectivity index (χ3n) is 2.13. The highest BCUT2D eigenvalue weighted by Crippen LogP contribution is 2.28. The first-order valence-corrected chi connectivity index (χ1v) is 5.29. The van der Waals surface area contributed by atoms with Gasteiger partial charge in [-0.1, -0.05) is 12.1 Å². The van der Waals surface area contributed by atoms with Crippen molar-refractivity contribution in [3.63, 3.8) is 0 Å². The molecule has 12 heavy (non-hydrogen) atoms. The Hall–Kier alpha value is -0.670. The maximum absolute atomic E-state index is 11.5. The van der Waals surface area contributed by atoms with Gasteiger partial charge in [-0.05, 0) is 23.3 Å². The van der Waals surface area contributed by atoms with E-state index in [0.717, 1.165) is 22.9 Å². The van der Waals surface area contributed by atoms with Crippen LogP contribution in [0.2, 0.25) is 0 Å². The van der Waals surface area contributed by atoms with Gasteiger partial charge in [0, 0.05) is 7.05 Å². The molecule has 1 heterocycles. The van der Waals surface area contributed by atoms with Gasteiger partial charge in [-0.25, -0.2) is 0 Å². The van der Waals surface area contributed by atoms with Crippen LogP contribution in [0.25, 0.3) is 0 Å². The summed E-state index contributed by atoms with van der Waals surface area (Å²) in [6.07, 6.45) is 0. The summed E-state index contributed by atoms with van der Waals surface area (Å²) in [5.41, 5.74) is 1.11. The average molecular weight is 181 g/mol. The highest BCUT2D eigenvalue weighted by atomic mass is 32.2. The van der Waals surface area contributed by atoms with Crippen molar-refractivity contribution < 1.29 is 4.55 Å². The van der Waals surface area contributed by atoms with Gasteiger partial charge in [-0.15, -0.1) is 0 Å². The molecule has 1 aliphatic heterocycles. The van der Waals surface area contributed by atoms with E-state index in [0.29, 0.717) is 0 Å². The Bertz CT molecular complexity index is 261. The minimum Gasteiger partial charge on any atom is -0.611 e. The number of anilines is 1. The summed E-state index contributed by atoms with van der Waals surface area (Å²) in [6, 6.07) is 7.89. The Morgan fingerprint density at radius 3 is 2.92 bits per heavy atom. The monoisotopic (exact) mass is 181 g/mol. The maximum Gasteiger partial charge on any atom is 0.176 e. The summed E-state index contributed by atoms with van der Waals surface area (Å²) in [7, 11) is 2.04. The van der Waals surface area contributed by atoms with Crippen LogP contribution in [0.1, 0.15) is 0 Å². The Balaban J connectivity index is 2.47. The number of hydrogen-bond donors (Lipinski definition) is 0. The molecule has 0 aromatic heterocycles. The zero-order chi connectivity index (χ0) is 8.55. The molecule has 0 N–H and O–H groups in total. The molecule has 1 aromatic carbocycles. The van der Waals surface area contributed by atoms with E-state index in [1.807, 2.05) is 31.3 Å². The lowest BCUT2D eigenvalue weighted by atomic mass is 10.3. The van der Waals surface area contributed by atoms with Crippen molar-refractivity contribution in [3.05, 3.63) is 24.3 Å². The molecule has 0 fully saturated rings. The van der Waals surface area contributed by atoms with Crippen molar-refractivity contribution in [3.8, 4) is 0 Å². The lowest BCUT2D eigenvalue weighted by Gasteiger charge is -2.27. The molecule has 3 heteroatoms. The van der Waals surface area contributed by atoms with Gasteiger partial charge < -0.3 is 9.45 Å². The highest BCUT2D eigenvalue weighted by molar-refractivity contribution is 7.91. The second-order valence-electron chi connectivity index (χ2n) is 2.94. The fourth-order valence-electron chi connectivity index (χ4n) is 1.42. The molecule has 0 spiro atoms. The van der Waals surface area contributed by atoms with Gasteiger partial charge >= 0.3 is 0 Å². The van der Waals surface area contributed by atoms with E-state index in [1.54, 1.807) is 0 Å². The van der Waals surface area contributed by atoms with Crippen LogP contribution in [0.15, 0.2) is 29.2 Å². The van der Waals surface area contributed by atoms with Crippen LogP contribution in [0.3, 0.4) is 0 Å². The number of para-hydroxylation sites is 1. The van der Waals surface area contributed by atoms with E-state index in [4.69, 9.17) is 0 Å². The highest BCUT2D eigenvalue weighted by Gasteiger charge is 2.23. The molecule has 0 aliphatic carbocycles. The maximum atomic E-state index is 11.5. The molecule has 0 saturated carbocycles. The van der Waals surface area contributed by atoms with Crippen molar-refractivity contribution in [2.24, 2.45) is 0 Å². The molecular formula is C9H11NOS. The Morgan fingerprint density at radius 2 is 2.17 bits per heavy atom. The second kappa shape index (κ2) is 2.99. The minimum absolute atomic E-state index is 0.757. The van der Waals surface area contributed by atoms with Gasteiger partial charge in [0.2, 0.25) is 0 Å². The molecule has 64 valence electrons. The molecule has 0 saturated heterocycles. The first-order valence-electron chi connectivity index (χ1n) is 3.97. The summed E-state index contributed by atoms with van der Waals surface area (Å²) in [5, 5.41) is 0. The lowest BCUT2D eigenvalue weighted by Crippen LogP contribution is -2.31. The van der Waals surface area contributed by atoms with Crippen LogP contribution >= 0.6 is 0 Å². The summed E-state index contributed by atoms with van der Waals surface area (Å²) < 4.78 is 11.5. The Kier molecular flexibility index (Phi) is 1.98. The molecular weight excluding hydrogens is 170 g/mol. The summed E-state index contributed by atoms with van der Waals surface area (Å²) in [4.78, 5) is 3.13. The van der Waals surface area contributed by atoms with Crippen LogP contribution in [0.5, 0.6) is 0 Å². The fourth-order valence-corrected chi connectivity index (χ4v) is 2.76. The first kappa shape index (κ1) is 7.95. The van der Waals surface area contributed by atoms with E-state index >= 15 is 0 Å². The summed E-state index contributed by atoms with van der Waals surface area (Å²) in [6.45, 7) is 0.892. The minimum atomic E-state index is -0.778. The molecule has 1 atom stereocenters. The molecule has 0 bridgehead atoms. The first-order chi connectivity index (χ1) is 5.79. The molecule has 2 nitrogen and oxygen atoms in total. The van der Waals surface area contributed by atoms with Crippen molar-refractivity contribution in [1.82, 2.24) is 0 Å². The topological polar surface area (TPSA) is 26.3 Å². The van der Waals surface area contributed by atoms with Crippen LogP contribution in [0, 0.1) is 0 Å². The van der Waals surface area contributed by atoms with Gasteiger partial charge in [0.15, 0.2) is 4.90 Å². The quantitative estimate of drug-likeness (QED) is 0.563. The standard InChI is InChI=1S/C9H11NOS/c1-10-6-7-12(11)9-5-3-2-4-8(9)10/h2-5H,6-7H2,1H3. The van der Waals surface area contributed by atoms with Crippen LogP contribution in [-0.4, -0.2) is 23.9 Å². The molecule has 2 rings (SSSR count). The normalized spacial score (nSPS) is 22.2. The van der Waals surface area contributed by atoms with E-state index in [-0.39, 0.29) is 0 Å². The third kappa shape index (κ3) is 1.19. The second-order valence-corrected chi connectivity index (χ2v) is 4.48. The zero-order valence-corrected chi connectivity index (χ0v) is 7.80. The predicted octanol–water partition coefficient (Wildman–Crippen LogP) is 1.24. The van der Waals surface area contributed by atoms with Crippen molar-refractivity contribution in [1.29, 1.82) is 0 Å². The predicted molar refractivity (Wildman–Crippen MR) is 51.0 cm³/mol. The van der Waals surface area contributed by atoms with Crippen molar-refractivity contribution in [2.45, 2.75) is 4.90 Å². The zero-order valence-electron chi connectivity index (χ0n) is 6.99. The summed E-state index contributed by atoms with van der Waals surface area (Å²) in [5.74, 6) is 0.757. The largest absolute Gasteiger partial charge is 0.611 e. The molecule has 1 aliphatic rings. The van der Waals surface area contributed by atoms with Gasteiger partial charge in [-0.2, -0.15) is 0 Å². The fraction of sp³-hybridized carbons (Fsp3) is 0.333. The van der Waals surface area contributed by atoms with E-state index in [9.17, 15) is 4.55 Å². The average Bonchev–Trinajstić information content (AvgIpc) is 2.12. The SMILES string of the molecule is CN1CC[S+]([O-])c2ccccc21. The van der Waals surface area contributed by atoms with E-state index < -0.39 is 11.2 Å². The number of rotatable bonds is 0. The number of fused-ring (bicyclic) bond motifs is 1. The smallest absolute Gasteiger partial charge is 0.176 e. The Labute approximate surface area is 75.4 Å². The van der Waals surface area contributed by atoms with Crippen molar-refractivity contribution >= 4 is 16.9 Å². The third-order valence-corrected chi connectivity index (χ3v) is 3.52. The molecule has 0 radical (unpaired) electrons. The molecule has 1 unspecified atom stereocenters. The lowest BCUT2D eigenvalue weighted by molar-refractivity contribution is 0.590. The molecule has 0 amide bonds. The number of hydrogen-bond acceptors (Lipinski definition) is 2. The van der Waals surface area contributed by atoms with Crippen LogP contribution < -0.4 is 4.90 Å². The van der Waals surface area contributed by atoms with Gasteiger partial charge in [0.25, 0.3) is 0 Å². The summed E-state index contributed by atoms with van der Waals surface area (Å²) >= 11 is -0.778. The van der Waals surface area contributed by atoms with Gasteiger partial charge in [0.1, 0.15) is 5.75 Å². The van der Waals surface area contributed by atoms with Crippen LogP contribution in [0.4, 0.5) is 5.69 Å². The van der Waals surface area contributed by atoms with Crippen molar-refractivity contribution in [2.75, 3.05) is 24.2 Å². The molecule has 1 aromatic rings.